The van der Waals surface area contributed by atoms with Crippen molar-refractivity contribution in [3.05, 3.63) is 0 Å². The molecule has 112 valence electrons. The van der Waals surface area contributed by atoms with E-state index < -0.39 is 0 Å². The van der Waals surface area contributed by atoms with Crippen LogP contribution >= 0.6 is 0 Å². The van der Waals surface area contributed by atoms with Gasteiger partial charge in [0.2, 0.25) is 0 Å². The molecule has 0 atom stereocenters. The van der Waals surface area contributed by atoms with E-state index in [-0.39, 0.29) is 0 Å². The average Bonchev–Trinajstić information content (AvgIpc) is 2.85. The van der Waals surface area contributed by atoms with E-state index >= 15 is 0 Å². The van der Waals surface area contributed by atoms with Crippen LogP contribution in [0.15, 0.2) is 0 Å². The van der Waals surface area contributed by atoms with Gasteiger partial charge in [-0.05, 0) is 62.3 Å². The molecule has 2 rings (SSSR count). The average molecular weight is 266 g/mol. The first-order valence-electron chi connectivity index (χ1n) is 8.36. The van der Waals surface area contributed by atoms with Crippen LogP contribution in [0.3, 0.4) is 0 Å². The minimum Gasteiger partial charge on any atom is -0.329 e. The molecule has 2 fully saturated rings. The Morgan fingerprint density at radius 2 is 1.53 bits per heavy atom. The molecule has 0 aromatic carbocycles. The number of rotatable bonds is 4. The van der Waals surface area contributed by atoms with Gasteiger partial charge in [0.25, 0.3) is 0 Å². The van der Waals surface area contributed by atoms with Crippen molar-refractivity contribution in [2.75, 3.05) is 19.6 Å². The Bertz CT molecular complexity index is 294. The van der Waals surface area contributed by atoms with E-state index in [1.54, 1.807) is 0 Å². The van der Waals surface area contributed by atoms with Gasteiger partial charge >= 0.3 is 0 Å². The molecule has 0 amide bonds. The third-order valence-electron chi connectivity index (χ3n) is 6.52. The maximum atomic E-state index is 6.24. The third-order valence-corrected chi connectivity index (χ3v) is 6.52. The van der Waals surface area contributed by atoms with Crippen LogP contribution in [-0.4, -0.2) is 30.1 Å². The van der Waals surface area contributed by atoms with Gasteiger partial charge < -0.3 is 5.73 Å². The van der Waals surface area contributed by atoms with E-state index in [0.717, 1.165) is 6.54 Å². The molecular weight excluding hydrogens is 232 g/mol. The Kier molecular flexibility index (Phi) is 4.32. The maximum Gasteiger partial charge on any atom is 0.0332 e. The molecule has 0 aromatic heterocycles. The van der Waals surface area contributed by atoms with Gasteiger partial charge in [0.15, 0.2) is 0 Å². The lowest BCUT2D eigenvalue weighted by Crippen LogP contribution is -2.56. The van der Waals surface area contributed by atoms with E-state index in [9.17, 15) is 0 Å². The first-order valence-corrected chi connectivity index (χ1v) is 8.36. The molecule has 2 nitrogen and oxygen atoms in total. The molecule has 1 saturated heterocycles. The van der Waals surface area contributed by atoms with Crippen LogP contribution in [0.5, 0.6) is 0 Å². The van der Waals surface area contributed by atoms with Crippen molar-refractivity contribution >= 4 is 0 Å². The Morgan fingerprint density at radius 3 is 1.95 bits per heavy atom. The maximum absolute atomic E-state index is 6.24. The largest absolute Gasteiger partial charge is 0.329 e. The summed E-state index contributed by atoms with van der Waals surface area (Å²) in [7, 11) is 0. The van der Waals surface area contributed by atoms with Crippen molar-refractivity contribution in [1.82, 2.24) is 4.90 Å². The van der Waals surface area contributed by atoms with Crippen LogP contribution in [0.1, 0.15) is 72.6 Å². The molecule has 0 aromatic rings. The number of nitrogens with two attached hydrogens (primary N) is 1. The second-order valence-corrected chi connectivity index (χ2v) is 7.97. The van der Waals surface area contributed by atoms with Gasteiger partial charge in [-0.25, -0.2) is 0 Å². The fourth-order valence-electron chi connectivity index (χ4n) is 4.21. The van der Waals surface area contributed by atoms with Crippen molar-refractivity contribution in [3.8, 4) is 0 Å². The van der Waals surface area contributed by atoms with Crippen LogP contribution in [0, 0.1) is 10.8 Å². The van der Waals surface area contributed by atoms with Gasteiger partial charge in [0.05, 0.1) is 0 Å². The van der Waals surface area contributed by atoms with Crippen molar-refractivity contribution in [1.29, 1.82) is 0 Å². The Labute approximate surface area is 120 Å². The number of nitrogens with zero attached hydrogens (tertiary/aromatic N) is 1. The molecule has 0 unspecified atom stereocenters. The first kappa shape index (κ1) is 15.3. The van der Waals surface area contributed by atoms with Crippen LogP contribution in [0.2, 0.25) is 0 Å². The molecule has 0 spiro atoms. The minimum atomic E-state index is 0.321. The third kappa shape index (κ3) is 2.85. The molecule has 1 aliphatic heterocycles. The van der Waals surface area contributed by atoms with Gasteiger partial charge in [-0.1, -0.05) is 27.7 Å². The molecule has 1 saturated carbocycles. The summed E-state index contributed by atoms with van der Waals surface area (Å²) in [6, 6.07) is 0. The quantitative estimate of drug-likeness (QED) is 0.838. The summed E-state index contributed by atoms with van der Waals surface area (Å²) in [4.78, 5) is 2.77. The van der Waals surface area contributed by atoms with Gasteiger partial charge in [0.1, 0.15) is 0 Å². The highest BCUT2D eigenvalue weighted by molar-refractivity contribution is 5.02. The molecule has 2 N–H and O–H groups in total. The predicted molar refractivity (Wildman–Crippen MR) is 83.2 cm³/mol. The molecule has 2 heteroatoms. The number of likely N-dealkylation sites (tertiary alicyclic amines) is 1. The molecule has 0 bridgehead atoms. The molecule has 19 heavy (non-hydrogen) atoms. The van der Waals surface area contributed by atoms with E-state index in [0.29, 0.717) is 16.4 Å². The van der Waals surface area contributed by atoms with Crippen molar-refractivity contribution in [2.24, 2.45) is 16.6 Å². The van der Waals surface area contributed by atoms with Gasteiger partial charge in [-0.15, -0.1) is 0 Å². The summed E-state index contributed by atoms with van der Waals surface area (Å²) in [6.07, 6.45) is 9.32. The lowest BCUT2D eigenvalue weighted by molar-refractivity contribution is 0.0305. The van der Waals surface area contributed by atoms with E-state index in [4.69, 9.17) is 5.73 Å². The predicted octanol–water partition coefficient (Wildman–Crippen LogP) is 3.80. The summed E-state index contributed by atoms with van der Waals surface area (Å²) in [5, 5.41) is 0. The molecule has 1 heterocycles. The van der Waals surface area contributed by atoms with Crippen molar-refractivity contribution < 1.29 is 0 Å². The second-order valence-electron chi connectivity index (χ2n) is 7.97. The molecule has 0 radical (unpaired) electrons. The highest BCUT2D eigenvalue weighted by Gasteiger charge is 2.47. The SMILES string of the molecule is CCC1(CC)CCN(C2(CN)CCC(C)(C)CC2)C1. The standard InChI is InChI=1S/C17H34N2/c1-5-16(6-2)11-12-19(14-16)17(13-18)9-7-15(3,4)8-10-17/h5-14,18H2,1-4H3. The zero-order valence-corrected chi connectivity index (χ0v) is 13.6. The zero-order valence-electron chi connectivity index (χ0n) is 13.6. The van der Waals surface area contributed by atoms with Crippen LogP contribution in [-0.2, 0) is 0 Å². The topological polar surface area (TPSA) is 29.3 Å². The Hall–Kier alpha value is -0.0800. The monoisotopic (exact) mass is 266 g/mol. The fourth-order valence-corrected chi connectivity index (χ4v) is 4.21. The van der Waals surface area contributed by atoms with E-state index in [2.05, 4.69) is 32.6 Å². The minimum absolute atomic E-state index is 0.321. The highest BCUT2D eigenvalue weighted by Crippen LogP contribution is 2.47. The number of hydrogen-bond donors (Lipinski definition) is 1. The summed E-state index contributed by atoms with van der Waals surface area (Å²) >= 11 is 0. The van der Waals surface area contributed by atoms with Crippen LogP contribution in [0.25, 0.3) is 0 Å². The molecule has 2 aliphatic rings. The first-order chi connectivity index (χ1) is 8.91. The van der Waals surface area contributed by atoms with Gasteiger partial charge in [-0.2, -0.15) is 0 Å². The van der Waals surface area contributed by atoms with Crippen molar-refractivity contribution in [3.63, 3.8) is 0 Å². The highest BCUT2D eigenvalue weighted by atomic mass is 15.2. The van der Waals surface area contributed by atoms with Crippen LogP contribution < -0.4 is 5.73 Å². The smallest absolute Gasteiger partial charge is 0.0332 e. The summed E-state index contributed by atoms with van der Waals surface area (Å²) in [5.74, 6) is 0. The Balaban J connectivity index is 2.08. The summed E-state index contributed by atoms with van der Waals surface area (Å²) < 4.78 is 0. The molecule has 1 aliphatic carbocycles. The lowest BCUT2D eigenvalue weighted by atomic mass is 9.68. The zero-order chi connectivity index (χ0) is 14.1. The van der Waals surface area contributed by atoms with E-state index in [1.807, 2.05) is 0 Å². The number of hydrogen-bond acceptors (Lipinski definition) is 2. The lowest BCUT2D eigenvalue weighted by Gasteiger charge is -2.49. The summed E-state index contributed by atoms with van der Waals surface area (Å²) in [6.45, 7) is 13.0. The van der Waals surface area contributed by atoms with Gasteiger partial charge in [-0.3, -0.25) is 4.90 Å². The fraction of sp³-hybridized carbons (Fsp3) is 1.00. The Morgan fingerprint density at radius 1 is 0.947 bits per heavy atom. The van der Waals surface area contributed by atoms with Gasteiger partial charge in [0, 0.05) is 18.6 Å². The van der Waals surface area contributed by atoms with E-state index in [1.165, 1.54) is 58.0 Å². The normalized spacial score (nSPS) is 29.5. The van der Waals surface area contributed by atoms with Crippen molar-refractivity contribution in [2.45, 2.75) is 78.2 Å². The molecular formula is C17H34N2. The summed E-state index contributed by atoms with van der Waals surface area (Å²) in [5.41, 5.74) is 7.67. The second kappa shape index (κ2) is 5.37. The van der Waals surface area contributed by atoms with Crippen LogP contribution in [0.4, 0.5) is 0 Å².